The zero-order chi connectivity index (χ0) is 19.2. The highest BCUT2D eigenvalue weighted by Crippen LogP contribution is 2.39. The Hall–Kier alpha value is -2.79. The van der Waals surface area contributed by atoms with Crippen molar-refractivity contribution in [2.24, 2.45) is 0 Å². The molecule has 0 aliphatic heterocycles. The van der Waals surface area contributed by atoms with Gasteiger partial charge >= 0.3 is 6.18 Å². The maximum Gasteiger partial charge on any atom is 0.417 e. The molecule has 0 saturated carbocycles. The van der Waals surface area contributed by atoms with Gasteiger partial charge in [-0.25, -0.2) is 4.98 Å². The summed E-state index contributed by atoms with van der Waals surface area (Å²) in [5.41, 5.74) is 2.39. The van der Waals surface area contributed by atoms with Gasteiger partial charge in [0.05, 0.1) is 21.6 Å². The zero-order valence-corrected chi connectivity index (χ0v) is 14.9. The van der Waals surface area contributed by atoms with Crippen molar-refractivity contribution >= 4 is 22.6 Å². The van der Waals surface area contributed by atoms with Crippen LogP contribution in [0.2, 0.25) is 5.02 Å². The first-order valence-electron chi connectivity index (χ1n) is 8.18. The first-order valence-corrected chi connectivity index (χ1v) is 8.56. The highest BCUT2D eigenvalue weighted by Gasteiger charge is 2.34. The molecule has 0 bridgehead atoms. The molecule has 2 nitrogen and oxygen atoms in total. The van der Waals surface area contributed by atoms with Crippen LogP contribution in [0.15, 0.2) is 60.7 Å². The van der Waals surface area contributed by atoms with Crippen molar-refractivity contribution in [1.29, 1.82) is 0 Å². The summed E-state index contributed by atoms with van der Waals surface area (Å²) in [6, 6.07) is 20.1. The number of aryl methyl sites for hydroxylation is 1. The van der Waals surface area contributed by atoms with E-state index in [2.05, 4.69) is 11.1 Å². The molecule has 4 aromatic rings. The Balaban J connectivity index is 2.09. The Kier molecular flexibility index (Phi) is 4.19. The second-order valence-corrected chi connectivity index (χ2v) is 6.57. The molecule has 0 saturated heterocycles. The number of imidazole rings is 1. The van der Waals surface area contributed by atoms with Gasteiger partial charge in [0.15, 0.2) is 0 Å². The molecule has 0 N–H and O–H groups in total. The number of nitrogens with zero attached hydrogens (tertiary/aromatic N) is 2. The zero-order valence-electron chi connectivity index (χ0n) is 14.2. The lowest BCUT2D eigenvalue weighted by atomic mass is 10.1. The van der Waals surface area contributed by atoms with Crippen molar-refractivity contribution < 1.29 is 13.2 Å². The van der Waals surface area contributed by atoms with Gasteiger partial charge < -0.3 is 0 Å². The molecule has 1 radical (unpaired) electrons. The van der Waals surface area contributed by atoms with Gasteiger partial charge in [0.2, 0.25) is 0 Å². The lowest BCUT2D eigenvalue weighted by molar-refractivity contribution is -0.137. The smallest absolute Gasteiger partial charge is 0.292 e. The number of fused-ring (bicyclic) bond motifs is 1. The van der Waals surface area contributed by atoms with Gasteiger partial charge in [0.1, 0.15) is 5.82 Å². The number of hydrogen-bond donors (Lipinski definition) is 0. The molecular formula is C21H13ClF3N2. The standard InChI is InChI=1S/C21H13ClF3N2/c1-13-7-5-6-10-15(13)20-26-18-11-16(21(23,24)25)17(22)12-19(18)27(20)14-8-3-2-4-9-14/h2-3,5-12H,1H3. The summed E-state index contributed by atoms with van der Waals surface area (Å²) in [5, 5.41) is -0.354. The number of alkyl halides is 3. The van der Waals surface area contributed by atoms with Crippen molar-refractivity contribution in [3.63, 3.8) is 0 Å². The Labute approximate surface area is 158 Å². The average molecular weight is 386 g/mol. The molecule has 0 atom stereocenters. The van der Waals surface area contributed by atoms with Crippen molar-refractivity contribution in [2.45, 2.75) is 13.1 Å². The SMILES string of the molecule is Cc1ccccc1-c1nc2cc(C(F)(F)F)c(Cl)cc2n1-c1c[c]ccc1. The van der Waals surface area contributed by atoms with Gasteiger partial charge in [-0.1, -0.05) is 48.0 Å². The van der Waals surface area contributed by atoms with E-state index in [9.17, 15) is 13.2 Å². The van der Waals surface area contributed by atoms with Crippen LogP contribution in [0, 0.1) is 13.0 Å². The van der Waals surface area contributed by atoms with Gasteiger partial charge in [0, 0.05) is 11.3 Å². The number of halogens is 4. The van der Waals surface area contributed by atoms with E-state index in [0.717, 1.165) is 22.9 Å². The van der Waals surface area contributed by atoms with Crippen LogP contribution in [-0.2, 0) is 6.18 Å². The third kappa shape index (κ3) is 3.08. The van der Waals surface area contributed by atoms with E-state index >= 15 is 0 Å². The predicted octanol–water partition coefficient (Wildman–Crippen LogP) is 6.47. The maximum absolute atomic E-state index is 13.3. The molecular weight excluding hydrogens is 373 g/mol. The van der Waals surface area contributed by atoms with Crippen molar-refractivity contribution in [2.75, 3.05) is 0 Å². The molecule has 0 aliphatic rings. The molecule has 6 heteroatoms. The Morgan fingerprint density at radius 2 is 1.85 bits per heavy atom. The third-order valence-electron chi connectivity index (χ3n) is 4.38. The van der Waals surface area contributed by atoms with Crippen LogP contribution in [0.3, 0.4) is 0 Å². The fourth-order valence-electron chi connectivity index (χ4n) is 3.10. The first-order chi connectivity index (χ1) is 12.9. The average Bonchev–Trinajstić information content (AvgIpc) is 2.99. The topological polar surface area (TPSA) is 17.8 Å². The molecule has 0 fully saturated rings. The summed E-state index contributed by atoms with van der Waals surface area (Å²) in [6.07, 6.45) is -4.54. The fraction of sp³-hybridized carbons (Fsp3) is 0.0952. The summed E-state index contributed by atoms with van der Waals surface area (Å²) in [5.74, 6) is 0.554. The van der Waals surface area contributed by atoms with E-state index in [0.29, 0.717) is 11.3 Å². The normalized spacial score (nSPS) is 11.9. The Bertz CT molecular complexity index is 1130. The van der Waals surface area contributed by atoms with Gasteiger partial charge in [-0.05, 0) is 42.8 Å². The summed E-state index contributed by atoms with van der Waals surface area (Å²) < 4.78 is 41.6. The molecule has 1 aromatic heterocycles. The second-order valence-electron chi connectivity index (χ2n) is 6.17. The molecule has 0 unspecified atom stereocenters. The third-order valence-corrected chi connectivity index (χ3v) is 4.70. The molecule has 27 heavy (non-hydrogen) atoms. The van der Waals surface area contributed by atoms with Gasteiger partial charge in [-0.2, -0.15) is 13.2 Å². The van der Waals surface area contributed by atoms with Crippen LogP contribution < -0.4 is 0 Å². The molecule has 0 spiro atoms. The fourth-order valence-corrected chi connectivity index (χ4v) is 3.37. The molecule has 0 aliphatic carbocycles. The quantitative estimate of drug-likeness (QED) is 0.386. The lowest BCUT2D eigenvalue weighted by Gasteiger charge is -2.12. The first kappa shape index (κ1) is 17.6. The van der Waals surface area contributed by atoms with E-state index in [1.807, 2.05) is 43.3 Å². The molecule has 4 rings (SSSR count). The maximum atomic E-state index is 13.3. The second kappa shape index (κ2) is 6.43. The van der Waals surface area contributed by atoms with Crippen LogP contribution in [0.4, 0.5) is 13.2 Å². The largest absolute Gasteiger partial charge is 0.417 e. The highest BCUT2D eigenvalue weighted by molar-refractivity contribution is 6.32. The Morgan fingerprint density at radius 3 is 2.52 bits per heavy atom. The predicted molar refractivity (Wildman–Crippen MR) is 100 cm³/mol. The van der Waals surface area contributed by atoms with E-state index in [1.54, 1.807) is 16.7 Å². The van der Waals surface area contributed by atoms with E-state index in [1.165, 1.54) is 6.07 Å². The van der Waals surface area contributed by atoms with Crippen LogP contribution in [-0.4, -0.2) is 9.55 Å². The summed E-state index contributed by atoms with van der Waals surface area (Å²) in [7, 11) is 0. The van der Waals surface area contributed by atoms with E-state index in [4.69, 9.17) is 11.6 Å². The van der Waals surface area contributed by atoms with Crippen LogP contribution in [0.1, 0.15) is 11.1 Å². The van der Waals surface area contributed by atoms with Crippen molar-refractivity contribution in [3.05, 3.63) is 82.9 Å². The molecule has 0 amide bonds. The van der Waals surface area contributed by atoms with Crippen LogP contribution in [0.5, 0.6) is 0 Å². The van der Waals surface area contributed by atoms with Crippen molar-refractivity contribution in [3.8, 4) is 17.1 Å². The van der Waals surface area contributed by atoms with Gasteiger partial charge in [-0.3, -0.25) is 4.57 Å². The van der Waals surface area contributed by atoms with Crippen molar-refractivity contribution in [1.82, 2.24) is 9.55 Å². The summed E-state index contributed by atoms with van der Waals surface area (Å²) >= 11 is 5.96. The minimum Gasteiger partial charge on any atom is -0.292 e. The minimum atomic E-state index is -4.54. The summed E-state index contributed by atoms with van der Waals surface area (Å²) in [6.45, 7) is 1.93. The summed E-state index contributed by atoms with van der Waals surface area (Å²) in [4.78, 5) is 4.53. The minimum absolute atomic E-state index is 0.230. The number of hydrogen-bond acceptors (Lipinski definition) is 1. The molecule has 135 valence electrons. The molecule has 3 aromatic carbocycles. The molecule has 1 heterocycles. The number of aromatic nitrogens is 2. The van der Waals surface area contributed by atoms with Crippen LogP contribution >= 0.6 is 11.6 Å². The van der Waals surface area contributed by atoms with Gasteiger partial charge in [0.25, 0.3) is 0 Å². The number of rotatable bonds is 2. The van der Waals surface area contributed by atoms with E-state index in [-0.39, 0.29) is 10.5 Å². The van der Waals surface area contributed by atoms with Crippen LogP contribution in [0.25, 0.3) is 28.1 Å². The Morgan fingerprint density at radius 1 is 1.07 bits per heavy atom. The monoisotopic (exact) mass is 385 g/mol. The van der Waals surface area contributed by atoms with E-state index < -0.39 is 11.7 Å². The van der Waals surface area contributed by atoms with Gasteiger partial charge in [-0.15, -0.1) is 0 Å². The number of benzene rings is 3. The lowest BCUT2D eigenvalue weighted by Crippen LogP contribution is -2.06. The highest BCUT2D eigenvalue weighted by atomic mass is 35.5.